The standard InChI is InChI=1S/C18H22Cl2N2O2/c19-14-13(7-12-21-8-3-1-4-9-21)17(23)15(20)16(18(14)24)22-10-5-2-6-11-22/h7,12H,1-6,8-11H2/b12-7+. The number of piperidine rings is 2. The van der Waals surface area contributed by atoms with Crippen LogP contribution in [0.25, 0.3) is 0 Å². The number of carbonyl (C=O) groups excluding carboxylic acids is 2. The molecule has 6 heteroatoms. The average molecular weight is 369 g/mol. The molecular weight excluding hydrogens is 347 g/mol. The number of Topliss-reactive ketones (excluding diaryl/α,β-unsaturated/α-hetero) is 2. The van der Waals surface area contributed by atoms with Crippen LogP contribution in [0, 0.1) is 0 Å². The zero-order valence-electron chi connectivity index (χ0n) is 13.7. The van der Waals surface area contributed by atoms with E-state index in [2.05, 4.69) is 4.90 Å². The van der Waals surface area contributed by atoms with Crippen molar-refractivity contribution in [1.29, 1.82) is 0 Å². The van der Waals surface area contributed by atoms with Crippen molar-refractivity contribution < 1.29 is 9.59 Å². The first kappa shape index (κ1) is 17.6. The van der Waals surface area contributed by atoms with Crippen molar-refractivity contribution in [3.8, 4) is 0 Å². The van der Waals surface area contributed by atoms with Crippen LogP contribution >= 0.6 is 23.2 Å². The number of hydrogen-bond acceptors (Lipinski definition) is 4. The molecule has 24 heavy (non-hydrogen) atoms. The Hall–Kier alpha value is -1.26. The van der Waals surface area contributed by atoms with E-state index in [1.54, 1.807) is 6.08 Å². The lowest BCUT2D eigenvalue weighted by atomic mass is 9.98. The van der Waals surface area contributed by atoms with Gasteiger partial charge in [-0.15, -0.1) is 0 Å². The van der Waals surface area contributed by atoms with E-state index in [-0.39, 0.29) is 32.9 Å². The second-order valence-corrected chi connectivity index (χ2v) is 7.26. The fourth-order valence-corrected chi connectivity index (χ4v) is 3.99. The van der Waals surface area contributed by atoms with Crippen molar-refractivity contribution in [3.05, 3.63) is 33.6 Å². The van der Waals surface area contributed by atoms with E-state index in [9.17, 15) is 9.59 Å². The third-order valence-corrected chi connectivity index (χ3v) is 5.54. The molecule has 0 N–H and O–H groups in total. The maximum Gasteiger partial charge on any atom is 0.222 e. The molecule has 0 aromatic rings. The van der Waals surface area contributed by atoms with Crippen molar-refractivity contribution in [2.45, 2.75) is 38.5 Å². The lowest BCUT2D eigenvalue weighted by molar-refractivity contribution is -0.116. The number of carbonyl (C=O) groups is 2. The minimum atomic E-state index is -0.352. The Balaban J connectivity index is 1.82. The van der Waals surface area contributed by atoms with Crippen LogP contribution in [0.4, 0.5) is 0 Å². The Morgan fingerprint density at radius 3 is 1.96 bits per heavy atom. The van der Waals surface area contributed by atoms with Crippen molar-refractivity contribution in [2.24, 2.45) is 0 Å². The van der Waals surface area contributed by atoms with Gasteiger partial charge in [0.15, 0.2) is 0 Å². The van der Waals surface area contributed by atoms with Gasteiger partial charge in [0.1, 0.15) is 15.8 Å². The largest absolute Gasteiger partial charge is 0.377 e. The van der Waals surface area contributed by atoms with Gasteiger partial charge in [-0.2, -0.15) is 0 Å². The van der Waals surface area contributed by atoms with E-state index in [0.717, 1.165) is 58.3 Å². The monoisotopic (exact) mass is 368 g/mol. The molecule has 0 aromatic carbocycles. The molecule has 3 aliphatic rings. The summed E-state index contributed by atoms with van der Waals surface area (Å²) in [5, 5.41) is -0.0113. The van der Waals surface area contributed by atoms with Crippen molar-refractivity contribution in [1.82, 2.24) is 9.80 Å². The van der Waals surface area contributed by atoms with Crippen LogP contribution in [0.15, 0.2) is 33.6 Å². The van der Waals surface area contributed by atoms with Gasteiger partial charge in [0.2, 0.25) is 11.6 Å². The zero-order chi connectivity index (χ0) is 17.1. The first-order valence-corrected chi connectivity index (χ1v) is 9.41. The number of allylic oxidation sites excluding steroid dienone is 4. The molecule has 2 aliphatic heterocycles. The molecule has 130 valence electrons. The average Bonchev–Trinajstić information content (AvgIpc) is 2.62. The number of halogens is 2. The summed E-state index contributed by atoms with van der Waals surface area (Å²) in [5.74, 6) is -0.684. The van der Waals surface area contributed by atoms with Gasteiger partial charge in [-0.1, -0.05) is 23.2 Å². The molecule has 0 atom stereocenters. The highest BCUT2D eigenvalue weighted by Crippen LogP contribution is 2.33. The fraction of sp³-hybridized carbons (Fsp3) is 0.556. The molecule has 3 rings (SSSR count). The lowest BCUT2D eigenvalue weighted by Gasteiger charge is -2.32. The summed E-state index contributed by atoms with van der Waals surface area (Å²) in [6.07, 6.45) is 10.2. The number of nitrogens with zero attached hydrogens (tertiary/aromatic N) is 2. The highest BCUT2D eigenvalue weighted by Gasteiger charge is 2.35. The molecule has 0 unspecified atom stereocenters. The zero-order valence-corrected chi connectivity index (χ0v) is 15.2. The number of rotatable bonds is 3. The molecule has 4 nitrogen and oxygen atoms in total. The quantitative estimate of drug-likeness (QED) is 0.714. The fourth-order valence-electron chi connectivity index (χ4n) is 3.45. The second kappa shape index (κ2) is 7.75. The first-order chi connectivity index (χ1) is 11.6. The Kier molecular flexibility index (Phi) is 5.67. The molecule has 0 amide bonds. The van der Waals surface area contributed by atoms with Crippen molar-refractivity contribution >= 4 is 34.8 Å². The summed E-state index contributed by atoms with van der Waals surface area (Å²) in [6.45, 7) is 3.42. The molecule has 0 bridgehead atoms. The third-order valence-electron chi connectivity index (χ3n) is 4.82. The SMILES string of the molecule is O=C1C(Cl)=C(N2CCCCC2)C(=O)C(Cl)=C1/C=C/N1CCCCC1. The topological polar surface area (TPSA) is 40.6 Å². The molecule has 0 saturated carbocycles. The highest BCUT2D eigenvalue weighted by atomic mass is 35.5. The first-order valence-electron chi connectivity index (χ1n) is 8.65. The van der Waals surface area contributed by atoms with Crippen LogP contribution in [0.5, 0.6) is 0 Å². The van der Waals surface area contributed by atoms with Crippen LogP contribution in [-0.4, -0.2) is 47.5 Å². The summed E-state index contributed by atoms with van der Waals surface area (Å²) >= 11 is 12.5. The molecule has 2 fully saturated rings. The summed E-state index contributed by atoms with van der Waals surface area (Å²) < 4.78 is 0. The van der Waals surface area contributed by atoms with E-state index >= 15 is 0 Å². The maximum atomic E-state index is 12.7. The minimum Gasteiger partial charge on any atom is -0.377 e. The van der Waals surface area contributed by atoms with Crippen molar-refractivity contribution in [2.75, 3.05) is 26.2 Å². The van der Waals surface area contributed by atoms with E-state index < -0.39 is 0 Å². The predicted octanol–water partition coefficient (Wildman–Crippen LogP) is 3.57. The molecule has 1 aliphatic carbocycles. The van der Waals surface area contributed by atoms with E-state index in [1.165, 1.54) is 6.42 Å². The second-order valence-electron chi connectivity index (χ2n) is 6.51. The maximum absolute atomic E-state index is 12.7. The normalized spacial score (nSPS) is 23.8. The van der Waals surface area contributed by atoms with Crippen LogP contribution in [0.1, 0.15) is 38.5 Å². The van der Waals surface area contributed by atoms with Crippen molar-refractivity contribution in [3.63, 3.8) is 0 Å². The van der Waals surface area contributed by atoms with Gasteiger partial charge in [-0.05, 0) is 50.8 Å². The van der Waals surface area contributed by atoms with Crippen LogP contribution in [0.3, 0.4) is 0 Å². The Morgan fingerprint density at radius 2 is 1.33 bits per heavy atom. The molecule has 0 radical (unpaired) electrons. The molecular formula is C18H22Cl2N2O2. The molecule has 0 aromatic heterocycles. The third kappa shape index (κ3) is 3.55. The predicted molar refractivity (Wildman–Crippen MR) is 95.8 cm³/mol. The Labute approximate surface area is 152 Å². The number of likely N-dealkylation sites (tertiary alicyclic amines) is 2. The molecule has 2 saturated heterocycles. The molecule has 2 heterocycles. The Morgan fingerprint density at radius 1 is 0.750 bits per heavy atom. The summed E-state index contributed by atoms with van der Waals surface area (Å²) in [5.41, 5.74) is 0.486. The smallest absolute Gasteiger partial charge is 0.222 e. The van der Waals surface area contributed by atoms with Gasteiger partial charge >= 0.3 is 0 Å². The van der Waals surface area contributed by atoms with Gasteiger partial charge in [-0.3, -0.25) is 9.59 Å². The summed E-state index contributed by atoms with van der Waals surface area (Å²) in [4.78, 5) is 29.3. The number of hydrogen-bond donors (Lipinski definition) is 0. The Bertz CT molecular complexity index is 625. The highest BCUT2D eigenvalue weighted by molar-refractivity contribution is 6.56. The van der Waals surface area contributed by atoms with Crippen LogP contribution in [0.2, 0.25) is 0 Å². The lowest BCUT2D eigenvalue weighted by Crippen LogP contribution is -2.36. The molecule has 0 spiro atoms. The summed E-state index contributed by atoms with van der Waals surface area (Å²) in [7, 11) is 0. The summed E-state index contributed by atoms with van der Waals surface area (Å²) in [6, 6.07) is 0. The van der Waals surface area contributed by atoms with Gasteiger partial charge in [0.25, 0.3) is 0 Å². The van der Waals surface area contributed by atoms with E-state index in [0.29, 0.717) is 0 Å². The number of ketones is 2. The van der Waals surface area contributed by atoms with Gasteiger partial charge in [0.05, 0.1) is 0 Å². The van der Waals surface area contributed by atoms with Crippen LogP contribution in [-0.2, 0) is 9.59 Å². The van der Waals surface area contributed by atoms with Crippen LogP contribution < -0.4 is 0 Å². The van der Waals surface area contributed by atoms with E-state index in [1.807, 2.05) is 11.1 Å². The van der Waals surface area contributed by atoms with Gasteiger partial charge < -0.3 is 9.80 Å². The van der Waals surface area contributed by atoms with E-state index in [4.69, 9.17) is 23.2 Å². The van der Waals surface area contributed by atoms with Gasteiger partial charge in [0, 0.05) is 31.8 Å². The minimum absolute atomic E-state index is 0.00425. The van der Waals surface area contributed by atoms with Gasteiger partial charge in [-0.25, -0.2) is 0 Å².